The molecule has 0 bridgehead atoms. The zero-order valence-corrected chi connectivity index (χ0v) is 17.1. The topological polar surface area (TPSA) is 75.3 Å². The van der Waals surface area contributed by atoms with Gasteiger partial charge in [-0.2, -0.15) is 13.2 Å². The van der Waals surface area contributed by atoms with Gasteiger partial charge in [-0.1, -0.05) is 26.0 Å². The van der Waals surface area contributed by atoms with Crippen LogP contribution in [0.4, 0.5) is 18.9 Å². The largest absolute Gasteiger partial charge is 0.416 e. The number of carbonyl (C=O) groups excluding carboxylic acids is 1. The number of anilines is 1. The summed E-state index contributed by atoms with van der Waals surface area (Å²) < 4.78 is 65.9. The molecule has 2 aromatic carbocycles. The van der Waals surface area contributed by atoms with Crippen molar-refractivity contribution in [2.45, 2.75) is 38.3 Å². The molecule has 0 radical (unpaired) electrons. The maximum Gasteiger partial charge on any atom is 0.416 e. The van der Waals surface area contributed by atoms with Crippen LogP contribution < -0.4 is 10.0 Å². The molecule has 0 spiro atoms. The number of alkyl halides is 3. The van der Waals surface area contributed by atoms with Crippen molar-refractivity contribution in [1.29, 1.82) is 0 Å². The average Bonchev–Trinajstić information content (AvgIpc) is 2.60. The van der Waals surface area contributed by atoms with Crippen LogP contribution in [0.2, 0.25) is 0 Å². The number of rotatable bonds is 7. The molecule has 9 heteroatoms. The Morgan fingerprint density at radius 2 is 1.79 bits per heavy atom. The Kier molecular flexibility index (Phi) is 7.07. The molecule has 0 saturated carbocycles. The predicted molar refractivity (Wildman–Crippen MR) is 105 cm³/mol. The third-order valence-corrected chi connectivity index (χ3v) is 5.68. The molecule has 0 saturated heterocycles. The number of halogens is 3. The van der Waals surface area contributed by atoms with Crippen LogP contribution >= 0.6 is 0 Å². The summed E-state index contributed by atoms with van der Waals surface area (Å²) >= 11 is 0. The summed E-state index contributed by atoms with van der Waals surface area (Å²) in [7, 11) is -3.81. The molecule has 5 nitrogen and oxygen atoms in total. The molecule has 0 atom stereocenters. The number of amides is 1. The number of sulfonamides is 1. The van der Waals surface area contributed by atoms with Gasteiger partial charge in [-0.25, -0.2) is 13.1 Å². The highest BCUT2D eigenvalue weighted by molar-refractivity contribution is 7.89. The van der Waals surface area contributed by atoms with E-state index in [0.717, 1.165) is 12.1 Å². The van der Waals surface area contributed by atoms with Gasteiger partial charge in [0.1, 0.15) is 0 Å². The van der Waals surface area contributed by atoms with E-state index < -0.39 is 27.7 Å². The van der Waals surface area contributed by atoms with E-state index in [1.54, 1.807) is 6.92 Å². The number of nitrogens with one attached hydrogen (secondary N) is 2. The molecule has 0 aliphatic heterocycles. The summed E-state index contributed by atoms with van der Waals surface area (Å²) in [5, 5.41) is 2.39. The number of carbonyl (C=O) groups is 1. The first-order valence-electron chi connectivity index (χ1n) is 8.99. The molecule has 2 aromatic rings. The van der Waals surface area contributed by atoms with Crippen LogP contribution in [0.15, 0.2) is 47.4 Å². The first kappa shape index (κ1) is 22.9. The van der Waals surface area contributed by atoms with Crippen LogP contribution in [0.3, 0.4) is 0 Å². The fourth-order valence-electron chi connectivity index (χ4n) is 2.55. The van der Waals surface area contributed by atoms with Gasteiger partial charge < -0.3 is 5.32 Å². The summed E-state index contributed by atoms with van der Waals surface area (Å²) in [4.78, 5) is 12.5. The minimum absolute atomic E-state index is 0.0347. The Labute approximate surface area is 168 Å². The van der Waals surface area contributed by atoms with Crippen molar-refractivity contribution in [2.24, 2.45) is 5.92 Å². The highest BCUT2D eigenvalue weighted by atomic mass is 32.2. The maximum absolute atomic E-state index is 12.8. The monoisotopic (exact) mass is 428 g/mol. The number of benzene rings is 2. The molecule has 29 heavy (non-hydrogen) atoms. The third-order valence-electron chi connectivity index (χ3n) is 4.23. The highest BCUT2D eigenvalue weighted by Crippen LogP contribution is 2.30. The molecule has 0 fully saturated rings. The van der Waals surface area contributed by atoms with E-state index in [9.17, 15) is 26.4 Å². The van der Waals surface area contributed by atoms with E-state index in [1.165, 1.54) is 30.3 Å². The Morgan fingerprint density at radius 1 is 1.10 bits per heavy atom. The van der Waals surface area contributed by atoms with E-state index >= 15 is 0 Å². The zero-order valence-electron chi connectivity index (χ0n) is 16.3. The molecule has 0 aliphatic rings. The second-order valence-electron chi connectivity index (χ2n) is 7.09. The average molecular weight is 428 g/mol. The highest BCUT2D eigenvalue weighted by Gasteiger charge is 2.30. The fraction of sp³-hybridized carbons (Fsp3) is 0.350. The minimum Gasteiger partial charge on any atom is -0.322 e. The number of hydrogen-bond acceptors (Lipinski definition) is 3. The quantitative estimate of drug-likeness (QED) is 0.677. The van der Waals surface area contributed by atoms with Gasteiger partial charge in [0.2, 0.25) is 10.0 Å². The van der Waals surface area contributed by atoms with Crippen LogP contribution in [-0.4, -0.2) is 20.9 Å². The van der Waals surface area contributed by atoms with E-state index in [2.05, 4.69) is 10.0 Å². The lowest BCUT2D eigenvalue weighted by atomic mass is 10.1. The normalized spacial score (nSPS) is 12.2. The summed E-state index contributed by atoms with van der Waals surface area (Å²) in [5.41, 5.74) is -0.366. The van der Waals surface area contributed by atoms with E-state index in [0.29, 0.717) is 17.9 Å². The summed E-state index contributed by atoms with van der Waals surface area (Å²) in [6.45, 7) is 5.82. The zero-order chi connectivity index (χ0) is 21.8. The second kappa shape index (κ2) is 8.96. The molecule has 1 amide bonds. The lowest BCUT2D eigenvalue weighted by Crippen LogP contribution is -2.26. The number of hydrogen-bond donors (Lipinski definition) is 2. The van der Waals surface area contributed by atoms with Crippen molar-refractivity contribution in [3.8, 4) is 0 Å². The summed E-state index contributed by atoms with van der Waals surface area (Å²) in [5.74, 6) is -0.370. The van der Waals surface area contributed by atoms with Gasteiger partial charge in [0.05, 0.1) is 10.5 Å². The van der Waals surface area contributed by atoms with E-state index in [4.69, 9.17) is 0 Å². The molecule has 0 unspecified atom stereocenters. The Bertz CT molecular complexity index is 987. The van der Waals surface area contributed by atoms with Gasteiger partial charge in [0, 0.05) is 17.8 Å². The van der Waals surface area contributed by atoms with Gasteiger partial charge in [-0.15, -0.1) is 0 Å². The lowest BCUT2D eigenvalue weighted by Gasteiger charge is -2.13. The molecule has 2 rings (SSSR count). The fourth-order valence-corrected chi connectivity index (χ4v) is 3.62. The molecule has 158 valence electrons. The van der Waals surface area contributed by atoms with Crippen molar-refractivity contribution in [3.05, 3.63) is 59.2 Å². The third kappa shape index (κ3) is 6.30. The van der Waals surface area contributed by atoms with Crippen LogP contribution in [-0.2, 0) is 16.2 Å². The van der Waals surface area contributed by atoms with Crippen molar-refractivity contribution < 1.29 is 26.4 Å². The molecule has 0 aliphatic carbocycles. The van der Waals surface area contributed by atoms with Crippen LogP contribution in [0, 0.1) is 12.8 Å². The Hall–Kier alpha value is -2.39. The van der Waals surface area contributed by atoms with Gasteiger partial charge in [0.25, 0.3) is 5.91 Å². The van der Waals surface area contributed by atoms with Crippen molar-refractivity contribution in [2.75, 3.05) is 11.9 Å². The van der Waals surface area contributed by atoms with Crippen LogP contribution in [0.5, 0.6) is 0 Å². The van der Waals surface area contributed by atoms with Gasteiger partial charge in [0.15, 0.2) is 0 Å². The van der Waals surface area contributed by atoms with Gasteiger partial charge in [-0.3, -0.25) is 4.79 Å². The summed E-state index contributed by atoms with van der Waals surface area (Å²) in [6, 6.07) is 8.32. The SMILES string of the molecule is Cc1ccc(S(=O)(=O)NCCC(C)C)cc1C(=O)Nc1cccc(C(F)(F)F)c1. The maximum atomic E-state index is 12.8. The summed E-state index contributed by atoms with van der Waals surface area (Å²) in [6.07, 6.45) is -3.87. The van der Waals surface area contributed by atoms with Gasteiger partial charge in [-0.05, 0) is 55.2 Å². The van der Waals surface area contributed by atoms with Gasteiger partial charge >= 0.3 is 6.18 Å². The molecular weight excluding hydrogens is 405 g/mol. The molecule has 0 aromatic heterocycles. The van der Waals surface area contributed by atoms with E-state index in [-0.39, 0.29) is 22.7 Å². The minimum atomic E-state index is -4.54. The number of aryl methyl sites for hydroxylation is 1. The van der Waals surface area contributed by atoms with Crippen LogP contribution in [0.1, 0.15) is 41.8 Å². The van der Waals surface area contributed by atoms with Crippen molar-refractivity contribution in [3.63, 3.8) is 0 Å². The smallest absolute Gasteiger partial charge is 0.322 e. The van der Waals surface area contributed by atoms with E-state index in [1.807, 2.05) is 13.8 Å². The Balaban J connectivity index is 2.24. The Morgan fingerprint density at radius 3 is 2.41 bits per heavy atom. The first-order chi connectivity index (χ1) is 13.4. The molecular formula is C20H23F3N2O3S. The lowest BCUT2D eigenvalue weighted by molar-refractivity contribution is -0.137. The van der Waals surface area contributed by atoms with Crippen molar-refractivity contribution in [1.82, 2.24) is 4.72 Å². The molecule has 2 N–H and O–H groups in total. The van der Waals surface area contributed by atoms with Crippen molar-refractivity contribution >= 4 is 21.6 Å². The predicted octanol–water partition coefficient (Wildman–Crippen LogP) is 4.59. The standard InChI is InChI=1S/C20H23F3N2O3S/c1-13(2)9-10-24-29(27,28)17-8-7-14(3)18(12-17)19(26)25-16-6-4-5-15(11-16)20(21,22)23/h4-8,11-13,24H,9-10H2,1-3H3,(H,25,26). The second-order valence-corrected chi connectivity index (χ2v) is 8.86. The molecule has 0 heterocycles. The first-order valence-corrected chi connectivity index (χ1v) is 10.5. The van der Waals surface area contributed by atoms with Crippen LogP contribution in [0.25, 0.3) is 0 Å².